The molecule has 2 aromatic carbocycles. The van der Waals surface area contributed by atoms with Gasteiger partial charge < -0.3 is 10.5 Å². The topological polar surface area (TPSA) is 85.5 Å². The maximum atomic E-state index is 11.6. The summed E-state index contributed by atoms with van der Waals surface area (Å²) in [6, 6.07) is 14.9. The van der Waals surface area contributed by atoms with E-state index in [-0.39, 0.29) is 6.10 Å². The maximum absolute atomic E-state index is 11.6. The lowest BCUT2D eigenvalue weighted by Crippen LogP contribution is -2.24. The average molecular weight is 398 g/mol. The van der Waals surface area contributed by atoms with Crippen LogP contribution in [0.3, 0.4) is 0 Å². The first-order valence-electron chi connectivity index (χ1n) is 9.21. The number of ether oxygens (including phenoxy) is 1. The summed E-state index contributed by atoms with van der Waals surface area (Å²) in [7, 11) is -3.15. The molecule has 0 amide bonds. The number of hydrogen-bond donors (Lipinski definition) is 1. The highest BCUT2D eigenvalue weighted by Gasteiger charge is 2.24. The summed E-state index contributed by atoms with van der Waals surface area (Å²) < 4.78 is 29.3. The second-order valence-corrected chi connectivity index (χ2v) is 9.27. The molecule has 1 aliphatic heterocycles. The molecule has 0 spiro atoms. The minimum Gasteiger partial charge on any atom is -0.489 e. The van der Waals surface area contributed by atoms with Gasteiger partial charge in [-0.15, -0.1) is 0 Å². The fourth-order valence-electron chi connectivity index (χ4n) is 3.58. The molecule has 146 valence electrons. The van der Waals surface area contributed by atoms with Gasteiger partial charge in [0.2, 0.25) is 0 Å². The predicted molar refractivity (Wildman–Crippen MR) is 110 cm³/mol. The van der Waals surface area contributed by atoms with Crippen molar-refractivity contribution in [1.82, 2.24) is 9.88 Å². The van der Waals surface area contributed by atoms with E-state index >= 15 is 0 Å². The first-order chi connectivity index (χ1) is 13.4. The highest BCUT2D eigenvalue weighted by molar-refractivity contribution is 7.90. The summed E-state index contributed by atoms with van der Waals surface area (Å²) in [5, 5.41) is 1.95. The quantitative estimate of drug-likeness (QED) is 0.713. The van der Waals surface area contributed by atoms with Crippen LogP contribution in [0, 0.1) is 0 Å². The summed E-state index contributed by atoms with van der Waals surface area (Å²) in [6.07, 6.45) is 4.01. The smallest absolute Gasteiger partial charge is 0.175 e. The van der Waals surface area contributed by atoms with Crippen molar-refractivity contribution in [1.29, 1.82) is 0 Å². The lowest BCUT2D eigenvalue weighted by Gasteiger charge is -2.17. The van der Waals surface area contributed by atoms with Crippen LogP contribution in [0.15, 0.2) is 59.6 Å². The van der Waals surface area contributed by atoms with Crippen molar-refractivity contribution in [2.75, 3.05) is 25.1 Å². The molecule has 1 aromatic heterocycles. The Morgan fingerprint density at radius 1 is 1.18 bits per heavy atom. The minimum absolute atomic E-state index is 0.131. The molecule has 2 heterocycles. The van der Waals surface area contributed by atoms with Crippen molar-refractivity contribution in [3.8, 4) is 5.75 Å². The normalized spacial score (nSPS) is 17.8. The molecular formula is C21H23N3O3S. The van der Waals surface area contributed by atoms with Gasteiger partial charge in [-0.2, -0.15) is 0 Å². The van der Waals surface area contributed by atoms with Gasteiger partial charge >= 0.3 is 0 Å². The van der Waals surface area contributed by atoms with E-state index in [1.54, 1.807) is 18.3 Å². The van der Waals surface area contributed by atoms with Crippen molar-refractivity contribution < 1.29 is 13.2 Å². The van der Waals surface area contributed by atoms with Crippen LogP contribution < -0.4 is 10.5 Å². The number of hydrogen-bond acceptors (Lipinski definition) is 6. The summed E-state index contributed by atoms with van der Waals surface area (Å²) in [6.45, 7) is 2.57. The monoisotopic (exact) mass is 397 g/mol. The first kappa shape index (κ1) is 18.7. The Bertz CT molecular complexity index is 1100. The molecule has 2 N–H and O–H groups in total. The molecule has 0 bridgehead atoms. The Kier molecular flexibility index (Phi) is 4.95. The largest absolute Gasteiger partial charge is 0.489 e. The van der Waals surface area contributed by atoms with Gasteiger partial charge in [-0.05, 0) is 53.8 Å². The molecule has 1 aliphatic rings. The van der Waals surface area contributed by atoms with E-state index < -0.39 is 9.84 Å². The molecule has 3 aromatic rings. The lowest BCUT2D eigenvalue weighted by atomic mass is 10.1. The molecule has 0 radical (unpaired) electrons. The van der Waals surface area contributed by atoms with Gasteiger partial charge in [0, 0.05) is 37.5 Å². The zero-order chi connectivity index (χ0) is 19.7. The Morgan fingerprint density at radius 3 is 2.71 bits per heavy atom. The number of pyridine rings is 1. The highest BCUT2D eigenvalue weighted by atomic mass is 32.2. The van der Waals surface area contributed by atoms with Crippen LogP contribution in [0.1, 0.15) is 12.0 Å². The van der Waals surface area contributed by atoms with Gasteiger partial charge in [-0.1, -0.05) is 12.1 Å². The zero-order valence-corrected chi connectivity index (χ0v) is 16.5. The van der Waals surface area contributed by atoms with Crippen LogP contribution >= 0.6 is 0 Å². The standard InChI is InChI=1S/C21H23N3O3S/c1-28(25,26)19-5-2-15(3-6-19)13-24-11-9-18(14-24)27-17-4-7-20-16(12-17)8-10-23-21(20)22/h2-8,10,12,18H,9,11,13-14H2,1H3,(H2,22,23). The van der Waals surface area contributed by atoms with E-state index in [2.05, 4.69) is 9.88 Å². The number of fused-ring (bicyclic) bond motifs is 1. The second kappa shape index (κ2) is 7.41. The molecule has 1 unspecified atom stereocenters. The minimum atomic E-state index is -3.15. The number of aromatic nitrogens is 1. The third-order valence-corrected chi connectivity index (χ3v) is 6.18. The van der Waals surface area contributed by atoms with E-state index in [1.165, 1.54) is 6.26 Å². The van der Waals surface area contributed by atoms with Gasteiger partial charge in [-0.3, -0.25) is 4.90 Å². The van der Waals surface area contributed by atoms with Gasteiger partial charge in [-0.25, -0.2) is 13.4 Å². The van der Waals surface area contributed by atoms with Crippen LogP contribution in [0.25, 0.3) is 10.8 Å². The van der Waals surface area contributed by atoms with Crippen LogP contribution in [-0.2, 0) is 16.4 Å². The molecular weight excluding hydrogens is 374 g/mol. The average Bonchev–Trinajstić information content (AvgIpc) is 3.08. The fourth-order valence-corrected chi connectivity index (χ4v) is 4.21. The summed E-state index contributed by atoms with van der Waals surface area (Å²) >= 11 is 0. The SMILES string of the molecule is CS(=O)(=O)c1ccc(CN2CCC(Oc3ccc4c(N)nccc4c3)C2)cc1. The van der Waals surface area contributed by atoms with E-state index in [9.17, 15) is 8.42 Å². The third-order valence-electron chi connectivity index (χ3n) is 5.06. The van der Waals surface area contributed by atoms with Crippen LogP contribution in [0.2, 0.25) is 0 Å². The van der Waals surface area contributed by atoms with E-state index in [0.29, 0.717) is 10.7 Å². The van der Waals surface area contributed by atoms with Crippen LogP contribution in [0.4, 0.5) is 5.82 Å². The van der Waals surface area contributed by atoms with Crippen molar-refractivity contribution >= 4 is 26.4 Å². The van der Waals surface area contributed by atoms with Gasteiger partial charge in [0.25, 0.3) is 0 Å². The first-order valence-corrected chi connectivity index (χ1v) is 11.1. The van der Waals surface area contributed by atoms with Gasteiger partial charge in [0.15, 0.2) is 9.84 Å². The number of sulfone groups is 1. The van der Waals surface area contributed by atoms with Crippen LogP contribution in [0.5, 0.6) is 5.75 Å². The van der Waals surface area contributed by atoms with Crippen molar-refractivity contribution in [3.63, 3.8) is 0 Å². The summed E-state index contributed by atoms with van der Waals surface area (Å²) in [5.41, 5.74) is 7.00. The molecule has 1 atom stereocenters. The zero-order valence-electron chi connectivity index (χ0n) is 15.7. The number of nitrogen functional groups attached to an aromatic ring is 1. The number of nitrogens with two attached hydrogens (primary N) is 1. The molecule has 4 rings (SSSR count). The molecule has 6 nitrogen and oxygen atoms in total. The van der Waals surface area contributed by atoms with Crippen molar-refractivity contribution in [3.05, 3.63) is 60.3 Å². The number of likely N-dealkylation sites (tertiary alicyclic amines) is 1. The molecule has 0 aliphatic carbocycles. The fraction of sp³-hybridized carbons (Fsp3) is 0.286. The molecule has 1 saturated heterocycles. The molecule has 0 saturated carbocycles. The molecule has 28 heavy (non-hydrogen) atoms. The van der Waals surface area contributed by atoms with Crippen molar-refractivity contribution in [2.24, 2.45) is 0 Å². The number of rotatable bonds is 5. The maximum Gasteiger partial charge on any atom is 0.175 e. The van der Waals surface area contributed by atoms with E-state index in [1.807, 2.05) is 36.4 Å². The highest BCUT2D eigenvalue weighted by Crippen LogP contribution is 2.26. The summed E-state index contributed by atoms with van der Waals surface area (Å²) in [4.78, 5) is 6.78. The predicted octanol–water partition coefficient (Wildman–Crippen LogP) is 2.87. The Hall–Kier alpha value is -2.64. The third kappa shape index (κ3) is 4.10. The van der Waals surface area contributed by atoms with E-state index in [0.717, 1.165) is 48.1 Å². The van der Waals surface area contributed by atoms with E-state index in [4.69, 9.17) is 10.5 Å². The summed E-state index contributed by atoms with van der Waals surface area (Å²) in [5.74, 6) is 1.36. The Labute approximate surface area is 164 Å². The number of nitrogens with zero attached hydrogens (tertiary/aromatic N) is 2. The molecule has 1 fully saturated rings. The van der Waals surface area contributed by atoms with Gasteiger partial charge in [0.05, 0.1) is 4.90 Å². The van der Waals surface area contributed by atoms with Gasteiger partial charge in [0.1, 0.15) is 17.7 Å². The lowest BCUT2D eigenvalue weighted by molar-refractivity contribution is 0.198. The van der Waals surface area contributed by atoms with Crippen LogP contribution in [-0.4, -0.2) is 43.8 Å². The molecule has 7 heteroatoms. The second-order valence-electron chi connectivity index (χ2n) is 7.26. The number of anilines is 1. The Morgan fingerprint density at radius 2 is 1.96 bits per heavy atom. The Balaban J connectivity index is 1.38. The number of benzene rings is 2. The van der Waals surface area contributed by atoms with Crippen molar-refractivity contribution in [2.45, 2.75) is 24.0 Å².